The van der Waals surface area contributed by atoms with Gasteiger partial charge in [0.1, 0.15) is 17.3 Å². The van der Waals surface area contributed by atoms with Crippen molar-refractivity contribution in [3.8, 4) is 0 Å². The normalized spacial score (nSPS) is 16.2. The number of aryl methyl sites for hydroxylation is 1. The monoisotopic (exact) mass is 364 g/mol. The molecule has 1 aromatic heterocycles. The molecule has 1 aliphatic rings. The van der Waals surface area contributed by atoms with Gasteiger partial charge in [0.05, 0.1) is 5.71 Å². The average molecular weight is 364 g/mol. The van der Waals surface area contributed by atoms with E-state index in [1.807, 2.05) is 0 Å². The number of rotatable bonds is 3. The molecule has 0 spiro atoms. The lowest BCUT2D eigenvalue weighted by molar-refractivity contribution is -0.113. The summed E-state index contributed by atoms with van der Waals surface area (Å²) in [4.78, 5) is 12.4. The second-order valence-corrected chi connectivity index (χ2v) is 6.86. The quantitative estimate of drug-likeness (QED) is 0.891. The molecule has 130 valence electrons. The Labute approximate surface area is 142 Å². The van der Waals surface area contributed by atoms with Gasteiger partial charge in [-0.05, 0) is 37.3 Å². The maximum atomic E-state index is 13.1. The van der Waals surface area contributed by atoms with E-state index in [0.717, 1.165) is 4.31 Å². The molecule has 0 bridgehead atoms. The van der Waals surface area contributed by atoms with Crippen molar-refractivity contribution in [3.05, 3.63) is 59.2 Å². The number of hydrogen-bond donors (Lipinski definition) is 1. The zero-order chi connectivity index (χ0) is 18.2. The minimum absolute atomic E-state index is 0.0274. The van der Waals surface area contributed by atoms with Crippen LogP contribution in [-0.2, 0) is 15.0 Å². The van der Waals surface area contributed by atoms with Crippen LogP contribution in [0.25, 0.3) is 0 Å². The Morgan fingerprint density at radius 1 is 1.28 bits per heavy atom. The molecule has 1 amide bonds. The van der Waals surface area contributed by atoms with Crippen molar-refractivity contribution in [2.45, 2.75) is 6.92 Å². The summed E-state index contributed by atoms with van der Waals surface area (Å²) < 4.78 is 46.7. The first-order valence-electron chi connectivity index (χ1n) is 7.07. The summed E-state index contributed by atoms with van der Waals surface area (Å²) in [6, 6.07) is 6.60. The molecule has 2 heterocycles. The largest absolute Gasteiger partial charge is 0.360 e. The van der Waals surface area contributed by atoms with Crippen molar-refractivity contribution in [1.82, 2.24) is 9.46 Å². The molecule has 0 radical (unpaired) electrons. The highest BCUT2D eigenvalue weighted by Gasteiger charge is 2.30. The van der Waals surface area contributed by atoms with Crippen LogP contribution in [0.1, 0.15) is 11.3 Å². The summed E-state index contributed by atoms with van der Waals surface area (Å²) in [5, 5.41) is 6.07. The summed E-state index contributed by atoms with van der Waals surface area (Å²) in [6.45, 7) is 1.65. The van der Waals surface area contributed by atoms with E-state index in [-0.39, 0.29) is 17.2 Å². The highest BCUT2D eigenvalue weighted by Crippen LogP contribution is 2.21. The number of benzene rings is 1. The van der Waals surface area contributed by atoms with Crippen LogP contribution in [-0.4, -0.2) is 36.5 Å². The van der Waals surface area contributed by atoms with Gasteiger partial charge in [-0.3, -0.25) is 4.79 Å². The van der Waals surface area contributed by atoms with Gasteiger partial charge in [0.15, 0.2) is 5.82 Å². The fraction of sp³-hybridized carbons (Fsp3) is 0.133. The maximum absolute atomic E-state index is 13.1. The van der Waals surface area contributed by atoms with Crippen molar-refractivity contribution in [1.29, 1.82) is 0 Å². The lowest BCUT2D eigenvalue weighted by Crippen LogP contribution is -2.35. The van der Waals surface area contributed by atoms with Gasteiger partial charge in [0, 0.05) is 18.7 Å². The number of amides is 1. The molecule has 25 heavy (non-hydrogen) atoms. The molecule has 0 saturated carbocycles. The van der Waals surface area contributed by atoms with Crippen molar-refractivity contribution < 1.29 is 22.1 Å². The molecule has 2 aromatic rings. The standard InChI is InChI=1S/C15H13FN4O4S/c1-9-7-14(18-24-9)17-15(21)13-8-12(19-25(22,23)20(13)2)10-3-5-11(16)6-4-10/h3-8H,1-2H3,(H,17,18,21). The Morgan fingerprint density at radius 2 is 1.96 bits per heavy atom. The van der Waals surface area contributed by atoms with Crippen molar-refractivity contribution in [2.24, 2.45) is 4.40 Å². The summed E-state index contributed by atoms with van der Waals surface area (Å²) in [5.41, 5.74) is 0.232. The topological polar surface area (TPSA) is 105 Å². The van der Waals surface area contributed by atoms with E-state index in [2.05, 4.69) is 14.9 Å². The van der Waals surface area contributed by atoms with Crippen LogP contribution in [0.4, 0.5) is 10.2 Å². The first-order chi connectivity index (χ1) is 11.8. The Kier molecular flexibility index (Phi) is 4.13. The van der Waals surface area contributed by atoms with Crippen molar-refractivity contribution >= 4 is 27.6 Å². The molecule has 1 aliphatic heterocycles. The third-order valence-corrected chi connectivity index (χ3v) is 4.73. The molecule has 0 saturated heterocycles. The molecule has 1 aromatic carbocycles. The van der Waals surface area contributed by atoms with E-state index in [1.54, 1.807) is 6.92 Å². The van der Waals surface area contributed by atoms with Gasteiger partial charge in [-0.25, -0.2) is 8.70 Å². The van der Waals surface area contributed by atoms with E-state index in [9.17, 15) is 17.6 Å². The predicted molar refractivity (Wildman–Crippen MR) is 87.6 cm³/mol. The van der Waals surface area contributed by atoms with Crippen LogP contribution in [0, 0.1) is 12.7 Å². The third-order valence-electron chi connectivity index (χ3n) is 3.41. The smallest absolute Gasteiger partial charge is 0.345 e. The number of hydrogen-bond acceptors (Lipinski definition) is 5. The Hall–Kier alpha value is -3.01. The number of nitrogens with zero attached hydrogens (tertiary/aromatic N) is 3. The summed E-state index contributed by atoms with van der Waals surface area (Å²) >= 11 is 0. The number of likely N-dealkylation sites (N-methyl/N-ethyl adjacent to an activating group) is 1. The number of nitrogens with one attached hydrogen (secondary N) is 1. The lowest BCUT2D eigenvalue weighted by atomic mass is 10.1. The zero-order valence-electron chi connectivity index (χ0n) is 13.2. The first-order valence-corrected chi connectivity index (χ1v) is 8.47. The second-order valence-electron chi connectivity index (χ2n) is 5.24. The van der Waals surface area contributed by atoms with Gasteiger partial charge in [-0.1, -0.05) is 5.16 Å². The second kappa shape index (κ2) is 6.13. The Morgan fingerprint density at radius 3 is 2.56 bits per heavy atom. The van der Waals surface area contributed by atoms with Gasteiger partial charge in [-0.15, -0.1) is 4.40 Å². The molecule has 0 atom stereocenters. The van der Waals surface area contributed by atoms with Gasteiger partial charge in [-0.2, -0.15) is 8.42 Å². The van der Waals surface area contributed by atoms with Gasteiger partial charge >= 0.3 is 10.2 Å². The number of aromatic nitrogens is 1. The fourth-order valence-electron chi connectivity index (χ4n) is 2.13. The summed E-state index contributed by atoms with van der Waals surface area (Å²) in [7, 11) is -2.89. The SMILES string of the molecule is Cc1cc(NC(=O)C2=CC(c3ccc(F)cc3)=NS(=O)(=O)N2C)no1. The molecule has 3 rings (SSSR count). The summed E-state index contributed by atoms with van der Waals surface area (Å²) in [5.74, 6) is -0.528. The molecular formula is C15H13FN4O4S. The number of carbonyl (C=O) groups excluding carboxylic acids is 1. The number of anilines is 1. The van der Waals surface area contributed by atoms with E-state index >= 15 is 0 Å². The minimum Gasteiger partial charge on any atom is -0.360 e. The minimum atomic E-state index is -4.10. The van der Waals surface area contributed by atoms with E-state index in [1.165, 1.54) is 43.5 Å². The van der Waals surface area contributed by atoms with E-state index in [0.29, 0.717) is 11.3 Å². The zero-order valence-corrected chi connectivity index (χ0v) is 14.0. The van der Waals surface area contributed by atoms with Gasteiger partial charge < -0.3 is 9.84 Å². The Bertz CT molecular complexity index is 993. The summed E-state index contributed by atoms with van der Waals surface area (Å²) in [6.07, 6.45) is 1.30. The van der Waals surface area contributed by atoms with Crippen LogP contribution < -0.4 is 5.32 Å². The van der Waals surface area contributed by atoms with Crippen molar-refractivity contribution in [3.63, 3.8) is 0 Å². The Balaban J connectivity index is 1.97. The average Bonchev–Trinajstić information content (AvgIpc) is 2.95. The van der Waals surface area contributed by atoms with Crippen LogP contribution in [0.2, 0.25) is 0 Å². The number of allylic oxidation sites excluding steroid dienone is 1. The number of carbonyl (C=O) groups is 1. The molecule has 0 aliphatic carbocycles. The fourth-order valence-corrected chi connectivity index (χ4v) is 3.04. The molecule has 8 nitrogen and oxygen atoms in total. The van der Waals surface area contributed by atoms with Gasteiger partial charge in [0.2, 0.25) is 0 Å². The van der Waals surface area contributed by atoms with E-state index < -0.39 is 21.9 Å². The van der Waals surface area contributed by atoms with E-state index in [4.69, 9.17) is 4.52 Å². The highest BCUT2D eigenvalue weighted by atomic mass is 32.2. The van der Waals surface area contributed by atoms with Crippen molar-refractivity contribution in [2.75, 3.05) is 12.4 Å². The third kappa shape index (κ3) is 3.43. The molecular weight excluding hydrogens is 351 g/mol. The van der Waals surface area contributed by atoms with Crippen LogP contribution in [0.5, 0.6) is 0 Å². The molecule has 1 N–H and O–H groups in total. The molecule has 0 unspecified atom stereocenters. The molecule has 10 heteroatoms. The first kappa shape index (κ1) is 16.8. The van der Waals surface area contributed by atoms with Gasteiger partial charge in [0.25, 0.3) is 5.91 Å². The predicted octanol–water partition coefficient (Wildman–Crippen LogP) is 1.62. The lowest BCUT2D eigenvalue weighted by Gasteiger charge is -2.23. The maximum Gasteiger partial charge on any atom is 0.345 e. The number of halogens is 1. The molecule has 0 fully saturated rings. The van der Waals surface area contributed by atoms with Crippen LogP contribution in [0.3, 0.4) is 0 Å². The highest BCUT2D eigenvalue weighted by molar-refractivity contribution is 7.88. The van der Waals surface area contributed by atoms with Crippen LogP contribution >= 0.6 is 0 Å². The van der Waals surface area contributed by atoms with Crippen LogP contribution in [0.15, 0.2) is 51.0 Å².